The molecule has 0 amide bonds. The second kappa shape index (κ2) is 16.4. The number of allylic oxidation sites excluding steroid dienone is 4. The predicted octanol–water partition coefficient (Wildman–Crippen LogP) is 15.4. The highest BCUT2D eigenvalue weighted by Crippen LogP contribution is 2.43. The Kier molecular flexibility index (Phi) is 11.5. The minimum atomic E-state index is 0.464. The number of nitrogens with zero attached hydrogens (tertiary/aromatic N) is 2. The third-order valence-corrected chi connectivity index (χ3v) is 10.3. The van der Waals surface area contributed by atoms with E-state index < -0.39 is 0 Å². The second-order valence-corrected chi connectivity index (χ2v) is 15.2. The number of benzene rings is 6. The molecule has 0 aromatic heterocycles. The summed E-state index contributed by atoms with van der Waals surface area (Å²) in [5.74, 6) is 0.928. The number of hydrogen-bond donors (Lipinski definition) is 0. The van der Waals surface area contributed by atoms with Crippen molar-refractivity contribution in [3.8, 4) is 0 Å². The van der Waals surface area contributed by atoms with Gasteiger partial charge in [-0.15, -0.1) is 0 Å². The van der Waals surface area contributed by atoms with Crippen LogP contribution in [0.3, 0.4) is 0 Å². The lowest BCUT2D eigenvalue weighted by Crippen LogP contribution is -2.14. The number of fused-ring (bicyclic) bond motifs is 1. The zero-order valence-electron chi connectivity index (χ0n) is 33.3. The van der Waals surface area contributed by atoms with Gasteiger partial charge in [-0.05, 0) is 139 Å². The lowest BCUT2D eigenvalue weighted by Gasteiger charge is -2.28. The van der Waals surface area contributed by atoms with Crippen LogP contribution in [0.4, 0.5) is 28.4 Å². The monoisotopic (exact) mass is 706 g/mol. The van der Waals surface area contributed by atoms with E-state index in [-0.39, 0.29) is 0 Å². The number of hydrogen-bond acceptors (Lipinski definition) is 2. The summed E-state index contributed by atoms with van der Waals surface area (Å²) in [6.07, 6.45) is 8.31. The van der Waals surface area contributed by atoms with E-state index in [2.05, 4.69) is 212 Å². The van der Waals surface area contributed by atoms with Crippen molar-refractivity contribution in [3.63, 3.8) is 0 Å². The smallest absolute Gasteiger partial charge is 0.0542 e. The van der Waals surface area contributed by atoms with E-state index in [4.69, 9.17) is 0 Å². The molecule has 0 aliphatic heterocycles. The number of rotatable bonds is 12. The van der Waals surface area contributed by atoms with E-state index in [1.165, 1.54) is 38.6 Å². The maximum absolute atomic E-state index is 4.66. The molecular weight excluding hydrogens is 653 g/mol. The Labute approximate surface area is 324 Å². The fourth-order valence-corrected chi connectivity index (χ4v) is 7.16. The molecule has 272 valence electrons. The van der Waals surface area contributed by atoms with Gasteiger partial charge in [0.2, 0.25) is 0 Å². The molecule has 0 bridgehead atoms. The van der Waals surface area contributed by atoms with Gasteiger partial charge in [0.05, 0.1) is 5.69 Å². The van der Waals surface area contributed by atoms with Crippen molar-refractivity contribution < 1.29 is 0 Å². The van der Waals surface area contributed by atoms with E-state index in [9.17, 15) is 0 Å². The van der Waals surface area contributed by atoms with Gasteiger partial charge in [0.25, 0.3) is 0 Å². The summed E-state index contributed by atoms with van der Waals surface area (Å²) in [4.78, 5) is 4.65. The molecule has 0 saturated carbocycles. The van der Waals surface area contributed by atoms with Crippen LogP contribution < -0.4 is 9.80 Å². The molecule has 0 atom stereocenters. The minimum absolute atomic E-state index is 0.464. The maximum atomic E-state index is 4.66. The second-order valence-electron chi connectivity index (χ2n) is 15.2. The van der Waals surface area contributed by atoms with Gasteiger partial charge in [0.15, 0.2) is 0 Å². The van der Waals surface area contributed by atoms with Gasteiger partial charge >= 0.3 is 0 Å². The summed E-state index contributed by atoms with van der Waals surface area (Å²) in [6.45, 7) is 26.3. The van der Waals surface area contributed by atoms with Gasteiger partial charge in [-0.25, -0.2) is 0 Å². The van der Waals surface area contributed by atoms with E-state index in [1.54, 1.807) is 0 Å². The SMILES string of the molecule is C=C/C=C\c1c(/C(C)=C\C(=C)N(c2ccc(C)cc2)c2ccc(C(C)C)cc2)ccc2c(N(c3ccc(C)cc3)c3ccc(C(C)C)cc3)cc(C)cc12. The minimum Gasteiger partial charge on any atom is -0.311 e. The van der Waals surface area contributed by atoms with E-state index in [1.807, 2.05) is 12.2 Å². The van der Waals surface area contributed by atoms with E-state index in [0.717, 1.165) is 50.8 Å². The largest absolute Gasteiger partial charge is 0.311 e. The van der Waals surface area contributed by atoms with Crippen molar-refractivity contribution in [3.05, 3.63) is 197 Å². The Hall–Kier alpha value is -5.86. The molecule has 0 unspecified atom stereocenters. The molecular formula is C52H54N2. The number of aryl methyl sites for hydroxylation is 3. The normalized spacial score (nSPS) is 11.9. The summed E-state index contributed by atoms with van der Waals surface area (Å²) < 4.78 is 0. The topological polar surface area (TPSA) is 6.48 Å². The zero-order chi connectivity index (χ0) is 38.5. The Morgan fingerprint density at radius 1 is 0.574 bits per heavy atom. The third-order valence-electron chi connectivity index (χ3n) is 10.3. The van der Waals surface area contributed by atoms with Gasteiger partial charge < -0.3 is 9.80 Å². The lowest BCUT2D eigenvalue weighted by atomic mass is 9.91. The average Bonchev–Trinajstić information content (AvgIpc) is 3.16. The van der Waals surface area contributed by atoms with E-state index in [0.29, 0.717) is 11.8 Å². The number of anilines is 5. The van der Waals surface area contributed by atoms with Gasteiger partial charge in [-0.2, -0.15) is 0 Å². The van der Waals surface area contributed by atoms with Crippen molar-refractivity contribution in [2.45, 2.75) is 67.2 Å². The lowest BCUT2D eigenvalue weighted by molar-refractivity contribution is 0.866. The predicted molar refractivity (Wildman–Crippen MR) is 238 cm³/mol. The van der Waals surface area contributed by atoms with Gasteiger partial charge in [0, 0.05) is 33.8 Å². The van der Waals surface area contributed by atoms with Crippen LogP contribution in [0.1, 0.15) is 85.4 Å². The molecule has 54 heavy (non-hydrogen) atoms. The van der Waals surface area contributed by atoms with Gasteiger partial charge in [-0.3, -0.25) is 0 Å². The summed E-state index contributed by atoms with van der Waals surface area (Å²) in [5, 5.41) is 2.37. The Morgan fingerprint density at radius 2 is 1.06 bits per heavy atom. The van der Waals surface area contributed by atoms with Crippen LogP contribution in [0.2, 0.25) is 0 Å². The van der Waals surface area contributed by atoms with E-state index >= 15 is 0 Å². The average molecular weight is 707 g/mol. The van der Waals surface area contributed by atoms with Crippen LogP contribution in [0.25, 0.3) is 22.4 Å². The molecule has 6 aromatic carbocycles. The van der Waals surface area contributed by atoms with Crippen molar-refractivity contribution in [1.29, 1.82) is 0 Å². The van der Waals surface area contributed by atoms with Gasteiger partial charge in [-0.1, -0.05) is 137 Å². The Bertz CT molecular complexity index is 2320. The van der Waals surface area contributed by atoms with Crippen LogP contribution in [0.15, 0.2) is 158 Å². The van der Waals surface area contributed by atoms with Crippen molar-refractivity contribution in [2.24, 2.45) is 0 Å². The third kappa shape index (κ3) is 8.19. The molecule has 0 radical (unpaired) electrons. The summed E-state index contributed by atoms with van der Waals surface area (Å²) in [6, 6.07) is 44.6. The first-order valence-corrected chi connectivity index (χ1v) is 19.1. The molecule has 0 heterocycles. The van der Waals surface area contributed by atoms with Crippen molar-refractivity contribution in [1.82, 2.24) is 0 Å². The molecule has 6 aromatic rings. The first-order valence-electron chi connectivity index (χ1n) is 19.1. The van der Waals surface area contributed by atoms with Crippen LogP contribution in [-0.4, -0.2) is 0 Å². The Morgan fingerprint density at radius 3 is 1.56 bits per heavy atom. The van der Waals surface area contributed by atoms with Crippen LogP contribution in [0.5, 0.6) is 0 Å². The highest BCUT2D eigenvalue weighted by molar-refractivity contribution is 6.05. The molecule has 0 saturated heterocycles. The first-order chi connectivity index (χ1) is 25.9. The molecule has 2 heteroatoms. The zero-order valence-corrected chi connectivity index (χ0v) is 33.3. The highest BCUT2D eigenvalue weighted by atomic mass is 15.1. The highest BCUT2D eigenvalue weighted by Gasteiger charge is 2.20. The van der Waals surface area contributed by atoms with Crippen molar-refractivity contribution >= 4 is 50.9 Å². The molecule has 0 N–H and O–H groups in total. The molecule has 2 nitrogen and oxygen atoms in total. The maximum Gasteiger partial charge on any atom is 0.0542 e. The molecule has 0 spiro atoms. The van der Waals surface area contributed by atoms with Gasteiger partial charge in [0.1, 0.15) is 0 Å². The summed E-state index contributed by atoms with van der Waals surface area (Å²) in [7, 11) is 0. The van der Waals surface area contributed by atoms with Crippen LogP contribution in [0, 0.1) is 20.8 Å². The van der Waals surface area contributed by atoms with Crippen molar-refractivity contribution in [2.75, 3.05) is 9.80 Å². The van der Waals surface area contributed by atoms with Crippen LogP contribution in [-0.2, 0) is 0 Å². The van der Waals surface area contributed by atoms with Crippen LogP contribution >= 0.6 is 0 Å². The quantitative estimate of drug-likeness (QED) is 0.117. The summed E-state index contributed by atoms with van der Waals surface area (Å²) >= 11 is 0. The standard InChI is InChI=1S/C52H54N2/c1-11-12-13-49-48(40(9)34-41(10)53(44-22-14-37(6)15-23-44)45-26-18-42(19-27-45)35(2)3)30-31-50-51(49)32-39(8)33-52(50)54(46-24-16-38(7)17-25-46)47-28-20-43(21-29-47)36(4)5/h11-36H,1,10H2,2-9H3/b13-12-,40-34-. The molecule has 6 rings (SSSR count). The molecule has 0 fully saturated rings. The molecule has 0 aliphatic rings. The first kappa shape index (κ1) is 37.9. The summed E-state index contributed by atoms with van der Waals surface area (Å²) in [5.41, 5.74) is 16.2. The Balaban J connectivity index is 1.51. The fourth-order valence-electron chi connectivity index (χ4n) is 7.16. The fraction of sp³-hybridized carbons (Fsp3) is 0.192. The molecule has 0 aliphatic carbocycles.